The number of hydrogen-bond acceptors (Lipinski definition) is 3. The van der Waals surface area contributed by atoms with Crippen LogP contribution >= 0.6 is 11.3 Å². The van der Waals surface area contributed by atoms with Crippen LogP contribution in [-0.4, -0.2) is 28.9 Å². The molecule has 1 aliphatic heterocycles. The Kier molecular flexibility index (Phi) is 3.45. The summed E-state index contributed by atoms with van der Waals surface area (Å²) in [6, 6.07) is 7.74. The second-order valence-corrected chi connectivity index (χ2v) is 7.26. The van der Waals surface area contributed by atoms with Crippen molar-refractivity contribution in [2.24, 2.45) is 0 Å². The number of nitrogens with one attached hydrogen (secondary N) is 1. The second kappa shape index (κ2) is 5.49. The first-order valence-corrected chi connectivity index (χ1v) is 8.80. The molecule has 1 fully saturated rings. The molecule has 0 radical (unpaired) electrons. The van der Waals surface area contributed by atoms with Crippen LogP contribution in [0.5, 0.6) is 0 Å². The highest BCUT2D eigenvalue weighted by atomic mass is 32.1. The van der Waals surface area contributed by atoms with Crippen LogP contribution in [0.3, 0.4) is 0 Å². The van der Waals surface area contributed by atoms with Crippen LogP contribution in [0.2, 0.25) is 0 Å². The van der Waals surface area contributed by atoms with Crippen LogP contribution < -0.4 is 5.56 Å². The zero-order valence-corrected chi connectivity index (χ0v) is 13.8. The van der Waals surface area contributed by atoms with Crippen molar-refractivity contribution in [3.63, 3.8) is 0 Å². The van der Waals surface area contributed by atoms with Crippen molar-refractivity contribution < 1.29 is 4.79 Å². The van der Waals surface area contributed by atoms with E-state index in [1.165, 1.54) is 17.8 Å². The molecule has 0 unspecified atom stereocenters. The zero-order chi connectivity index (χ0) is 16.0. The van der Waals surface area contributed by atoms with Gasteiger partial charge in [-0.25, -0.2) is 0 Å². The van der Waals surface area contributed by atoms with Crippen LogP contribution in [0.15, 0.2) is 29.1 Å². The van der Waals surface area contributed by atoms with Crippen molar-refractivity contribution in [2.75, 3.05) is 13.1 Å². The van der Waals surface area contributed by atoms with Gasteiger partial charge < -0.3 is 9.88 Å². The quantitative estimate of drug-likeness (QED) is 0.742. The van der Waals surface area contributed by atoms with Gasteiger partial charge in [0.1, 0.15) is 0 Å². The predicted octanol–water partition coefficient (Wildman–Crippen LogP) is 3.68. The van der Waals surface area contributed by atoms with E-state index < -0.39 is 0 Å². The number of likely N-dealkylation sites (tertiary alicyclic amines) is 1. The van der Waals surface area contributed by atoms with Gasteiger partial charge in [0.15, 0.2) is 0 Å². The average Bonchev–Trinajstić information content (AvgIpc) is 3.02. The average molecular weight is 326 g/mol. The van der Waals surface area contributed by atoms with E-state index in [2.05, 4.69) is 11.1 Å². The number of amides is 1. The third kappa shape index (κ3) is 2.45. The molecule has 1 N–H and O–H groups in total. The fourth-order valence-electron chi connectivity index (χ4n) is 3.26. The highest BCUT2D eigenvalue weighted by molar-refractivity contribution is 7.21. The molecule has 0 spiro atoms. The van der Waals surface area contributed by atoms with Crippen molar-refractivity contribution >= 4 is 38.2 Å². The van der Waals surface area contributed by atoms with Gasteiger partial charge in [0, 0.05) is 28.7 Å². The van der Waals surface area contributed by atoms with Crippen LogP contribution in [0, 0.1) is 6.92 Å². The first-order valence-electron chi connectivity index (χ1n) is 7.99. The van der Waals surface area contributed by atoms with E-state index in [1.54, 1.807) is 6.07 Å². The molecule has 23 heavy (non-hydrogen) atoms. The first kappa shape index (κ1) is 14.5. The lowest BCUT2D eigenvalue weighted by Gasteiger charge is -2.26. The van der Waals surface area contributed by atoms with Crippen LogP contribution in [0.4, 0.5) is 0 Å². The lowest BCUT2D eigenvalue weighted by atomic mass is 10.1. The fraction of sp³-hybridized carbons (Fsp3) is 0.333. The number of thiophene rings is 1. The number of benzene rings is 1. The molecule has 1 aliphatic rings. The van der Waals surface area contributed by atoms with Crippen LogP contribution in [0.25, 0.3) is 21.0 Å². The summed E-state index contributed by atoms with van der Waals surface area (Å²) in [6.45, 7) is 3.68. The number of H-pyrrole nitrogens is 1. The molecule has 5 heteroatoms. The van der Waals surface area contributed by atoms with Gasteiger partial charge in [-0.1, -0.05) is 11.6 Å². The molecule has 3 heterocycles. The molecule has 1 saturated heterocycles. The van der Waals surface area contributed by atoms with Crippen LogP contribution in [0.1, 0.15) is 34.5 Å². The van der Waals surface area contributed by atoms with Gasteiger partial charge in [0.2, 0.25) is 0 Å². The number of nitrogens with zero attached hydrogens (tertiary/aromatic N) is 1. The number of fused-ring (bicyclic) bond motifs is 3. The summed E-state index contributed by atoms with van der Waals surface area (Å²) < 4.78 is 0.910. The number of carbonyl (C=O) groups excluding carboxylic acids is 1. The molecule has 0 atom stereocenters. The largest absolute Gasteiger partial charge is 0.338 e. The molecule has 2 aromatic heterocycles. The highest BCUT2D eigenvalue weighted by Crippen LogP contribution is 2.31. The number of pyridine rings is 1. The molecular weight excluding hydrogens is 308 g/mol. The molecular formula is C18H18N2O2S. The van der Waals surface area contributed by atoms with Crippen molar-refractivity contribution in [1.29, 1.82) is 0 Å². The third-order valence-electron chi connectivity index (χ3n) is 4.50. The molecule has 4 rings (SSSR count). The maximum Gasteiger partial charge on any atom is 0.263 e. The van der Waals surface area contributed by atoms with Crippen molar-refractivity contribution in [2.45, 2.75) is 26.2 Å². The summed E-state index contributed by atoms with van der Waals surface area (Å²) in [7, 11) is 0. The number of carbonyl (C=O) groups is 1. The number of aromatic amines is 1. The lowest BCUT2D eigenvalue weighted by molar-refractivity contribution is 0.0729. The van der Waals surface area contributed by atoms with Gasteiger partial charge in [-0.15, -0.1) is 11.3 Å². The number of hydrogen-bond donors (Lipinski definition) is 1. The summed E-state index contributed by atoms with van der Waals surface area (Å²) >= 11 is 1.44. The predicted molar refractivity (Wildman–Crippen MR) is 94.4 cm³/mol. The lowest BCUT2D eigenvalue weighted by Crippen LogP contribution is -2.35. The molecule has 0 aliphatic carbocycles. The smallest absolute Gasteiger partial charge is 0.263 e. The molecule has 4 nitrogen and oxygen atoms in total. The van der Waals surface area contributed by atoms with Crippen molar-refractivity contribution in [1.82, 2.24) is 9.88 Å². The number of aromatic nitrogens is 1. The SMILES string of the molecule is Cc1ccc2[nH]c(=O)c3cc(C(=O)N4CCCCC4)sc3c2c1. The van der Waals surface area contributed by atoms with Gasteiger partial charge in [-0.2, -0.15) is 0 Å². The highest BCUT2D eigenvalue weighted by Gasteiger charge is 2.21. The second-order valence-electron chi connectivity index (χ2n) is 6.21. The van der Waals surface area contributed by atoms with E-state index in [0.717, 1.165) is 47.1 Å². The van der Waals surface area contributed by atoms with E-state index in [9.17, 15) is 9.59 Å². The normalized spacial score (nSPS) is 15.4. The third-order valence-corrected chi connectivity index (χ3v) is 5.65. The summed E-state index contributed by atoms with van der Waals surface area (Å²) in [4.78, 5) is 30.5. The minimum Gasteiger partial charge on any atom is -0.338 e. The Hall–Kier alpha value is -2.14. The number of piperidine rings is 1. The van der Waals surface area contributed by atoms with Gasteiger partial charge in [0.05, 0.1) is 10.3 Å². The summed E-state index contributed by atoms with van der Waals surface area (Å²) in [5.74, 6) is 0.0612. The maximum atomic E-state index is 12.7. The number of aryl methyl sites for hydroxylation is 1. The van der Waals surface area contributed by atoms with E-state index >= 15 is 0 Å². The molecule has 3 aromatic rings. The summed E-state index contributed by atoms with van der Waals surface area (Å²) in [5.41, 5.74) is 1.85. The van der Waals surface area contributed by atoms with Crippen molar-refractivity contribution in [3.8, 4) is 0 Å². The number of rotatable bonds is 1. The summed E-state index contributed by atoms with van der Waals surface area (Å²) in [5, 5.41) is 1.63. The Morgan fingerprint density at radius 2 is 1.91 bits per heavy atom. The molecule has 0 bridgehead atoms. The van der Waals surface area contributed by atoms with Gasteiger partial charge in [-0.3, -0.25) is 9.59 Å². The van der Waals surface area contributed by atoms with E-state index in [4.69, 9.17) is 0 Å². The van der Waals surface area contributed by atoms with Gasteiger partial charge >= 0.3 is 0 Å². The molecule has 118 valence electrons. The fourth-order valence-corrected chi connectivity index (χ4v) is 4.42. The molecule has 1 amide bonds. The Morgan fingerprint density at radius 3 is 2.70 bits per heavy atom. The van der Waals surface area contributed by atoms with Gasteiger partial charge in [0.25, 0.3) is 11.5 Å². The van der Waals surface area contributed by atoms with Crippen LogP contribution in [-0.2, 0) is 0 Å². The minimum absolute atomic E-state index is 0.0612. The van der Waals surface area contributed by atoms with E-state index in [1.807, 2.05) is 24.0 Å². The maximum absolute atomic E-state index is 12.7. The molecule has 1 aromatic carbocycles. The summed E-state index contributed by atoms with van der Waals surface area (Å²) in [6.07, 6.45) is 3.33. The first-order chi connectivity index (χ1) is 11.1. The minimum atomic E-state index is -0.120. The topological polar surface area (TPSA) is 53.2 Å². The monoisotopic (exact) mass is 326 g/mol. The Bertz CT molecular complexity index is 964. The Balaban J connectivity index is 1.88. The zero-order valence-electron chi connectivity index (χ0n) is 13.0. The standard InChI is InChI=1S/C18H18N2O2S/c1-11-5-6-14-12(9-11)16-13(17(21)19-14)10-15(23-16)18(22)20-7-3-2-4-8-20/h5-6,9-10H,2-4,7-8H2,1H3,(H,19,21). The van der Waals surface area contributed by atoms with E-state index in [0.29, 0.717) is 10.3 Å². The van der Waals surface area contributed by atoms with Crippen molar-refractivity contribution in [3.05, 3.63) is 45.1 Å². The van der Waals surface area contributed by atoms with Gasteiger partial charge in [-0.05, 0) is 44.4 Å². The van der Waals surface area contributed by atoms with E-state index in [-0.39, 0.29) is 11.5 Å². The Morgan fingerprint density at radius 1 is 1.13 bits per heavy atom. The Labute approximate surface area is 137 Å². The molecule has 0 saturated carbocycles.